The summed E-state index contributed by atoms with van der Waals surface area (Å²) < 4.78 is 20.9. The summed E-state index contributed by atoms with van der Waals surface area (Å²) in [6, 6.07) is 2.42. The molecule has 0 amide bonds. The highest BCUT2D eigenvalue weighted by atomic mass is 79.9. The third-order valence-electron chi connectivity index (χ3n) is 5.04. The van der Waals surface area contributed by atoms with Gasteiger partial charge in [-0.05, 0) is 41.4 Å². The Kier molecular flexibility index (Phi) is 4.66. The maximum atomic E-state index is 14.9. The van der Waals surface area contributed by atoms with E-state index in [-0.39, 0.29) is 32.9 Å². The van der Waals surface area contributed by atoms with Crippen molar-refractivity contribution in [3.8, 4) is 11.8 Å². The van der Waals surface area contributed by atoms with Gasteiger partial charge in [-0.25, -0.2) is 14.4 Å². The van der Waals surface area contributed by atoms with E-state index in [1.807, 2.05) is 6.26 Å². The Morgan fingerprint density at radius 3 is 2.92 bits per heavy atom. The summed E-state index contributed by atoms with van der Waals surface area (Å²) in [6.07, 6.45) is 2.73. The Hall–Kier alpha value is -1.30. The first-order valence-electron chi connectivity index (χ1n) is 8.19. The lowest BCUT2D eigenvalue weighted by molar-refractivity contribution is 0.325. The minimum absolute atomic E-state index is 0.0660. The zero-order chi connectivity index (χ0) is 18.6. The first-order valence-corrected chi connectivity index (χ1v) is 10.6. The van der Waals surface area contributed by atoms with E-state index >= 15 is 0 Å². The number of hydrogen-bond acceptors (Lipinski definition) is 6. The van der Waals surface area contributed by atoms with Crippen LogP contribution in [0.4, 0.5) is 10.2 Å². The highest BCUT2D eigenvalue weighted by molar-refractivity contribution is 9.10. The van der Waals surface area contributed by atoms with Gasteiger partial charge in [0.15, 0.2) is 16.7 Å². The number of nitrogens with zero attached hydrogens (tertiary/aromatic N) is 4. The average molecular weight is 458 g/mol. The maximum absolute atomic E-state index is 14.9. The maximum Gasteiger partial charge on any atom is 0.189 e. The van der Waals surface area contributed by atoms with Crippen molar-refractivity contribution in [1.29, 1.82) is 5.26 Å². The van der Waals surface area contributed by atoms with Gasteiger partial charge in [0.1, 0.15) is 23.0 Å². The van der Waals surface area contributed by atoms with E-state index in [0.717, 1.165) is 6.42 Å². The molecule has 0 N–H and O–H groups in total. The molecule has 3 unspecified atom stereocenters. The minimum Gasteiger partial charge on any atom is -0.489 e. The van der Waals surface area contributed by atoms with E-state index in [1.165, 1.54) is 11.8 Å². The lowest BCUT2D eigenvalue weighted by Gasteiger charge is -2.29. The molecule has 3 atom stereocenters. The number of benzene rings is 1. The molecule has 1 aromatic heterocycles. The van der Waals surface area contributed by atoms with E-state index in [1.54, 1.807) is 0 Å². The van der Waals surface area contributed by atoms with E-state index in [2.05, 4.69) is 43.8 Å². The standard InChI is InChI=1S/C17H15BrClFN4OS/c1-7(9-5-8(9)6-21)24-3-4-25-15-10-14(13(20)11(18)12(15)19)22-17(26-2)23-16(10)24/h7-9H,3-5H2,1-2H3. The Morgan fingerprint density at radius 1 is 1.50 bits per heavy atom. The number of thioether (sulfide) groups is 1. The van der Waals surface area contributed by atoms with Crippen molar-refractivity contribution in [3.63, 3.8) is 0 Å². The van der Waals surface area contributed by atoms with Gasteiger partial charge in [-0.2, -0.15) is 5.26 Å². The molecule has 1 saturated carbocycles. The Morgan fingerprint density at radius 2 is 2.27 bits per heavy atom. The Bertz CT molecular complexity index is 953. The van der Waals surface area contributed by atoms with Gasteiger partial charge in [-0.1, -0.05) is 23.4 Å². The first kappa shape index (κ1) is 18.1. The Labute approximate surface area is 168 Å². The van der Waals surface area contributed by atoms with Crippen molar-refractivity contribution in [2.75, 3.05) is 24.3 Å². The van der Waals surface area contributed by atoms with Crippen molar-refractivity contribution in [2.24, 2.45) is 11.8 Å². The van der Waals surface area contributed by atoms with Crippen molar-refractivity contribution < 1.29 is 9.13 Å². The highest BCUT2D eigenvalue weighted by Crippen LogP contribution is 2.48. The predicted molar refractivity (Wildman–Crippen MR) is 104 cm³/mol. The number of halogens is 3. The lowest BCUT2D eigenvalue weighted by Crippen LogP contribution is -2.38. The molecule has 1 fully saturated rings. The number of nitriles is 1. The molecular weight excluding hydrogens is 443 g/mol. The van der Waals surface area contributed by atoms with Gasteiger partial charge in [0.05, 0.1) is 28.4 Å². The summed E-state index contributed by atoms with van der Waals surface area (Å²) in [4.78, 5) is 11.1. The molecular formula is C17H15BrClFN4OS. The molecule has 5 nitrogen and oxygen atoms in total. The zero-order valence-electron chi connectivity index (χ0n) is 14.1. The fraction of sp³-hybridized carbons (Fsp3) is 0.471. The number of hydrogen-bond donors (Lipinski definition) is 0. The van der Waals surface area contributed by atoms with Crippen LogP contribution in [0.1, 0.15) is 13.3 Å². The van der Waals surface area contributed by atoms with Gasteiger partial charge < -0.3 is 9.64 Å². The summed E-state index contributed by atoms with van der Waals surface area (Å²) in [7, 11) is 0. The lowest BCUT2D eigenvalue weighted by atomic mass is 10.1. The van der Waals surface area contributed by atoms with Crippen LogP contribution >= 0.6 is 39.3 Å². The quantitative estimate of drug-likeness (QED) is 0.380. The van der Waals surface area contributed by atoms with Crippen LogP contribution in [0, 0.1) is 29.0 Å². The van der Waals surface area contributed by atoms with Gasteiger partial charge in [0, 0.05) is 6.04 Å². The molecule has 9 heteroatoms. The molecule has 2 aliphatic rings. The molecule has 0 saturated heterocycles. The van der Waals surface area contributed by atoms with Gasteiger partial charge in [-0.3, -0.25) is 0 Å². The van der Waals surface area contributed by atoms with Gasteiger partial charge >= 0.3 is 0 Å². The second-order valence-electron chi connectivity index (χ2n) is 6.45. The monoisotopic (exact) mass is 456 g/mol. The number of ether oxygens (including phenoxy) is 1. The second kappa shape index (κ2) is 6.70. The van der Waals surface area contributed by atoms with Crippen LogP contribution in [0.15, 0.2) is 9.63 Å². The molecule has 0 bridgehead atoms. The normalized spacial score (nSPS) is 22.5. The molecule has 1 aromatic carbocycles. The van der Waals surface area contributed by atoms with Crippen LogP contribution in [0.25, 0.3) is 10.9 Å². The van der Waals surface area contributed by atoms with Gasteiger partial charge in [0.25, 0.3) is 0 Å². The summed E-state index contributed by atoms with van der Waals surface area (Å²) >= 11 is 10.9. The van der Waals surface area contributed by atoms with Gasteiger partial charge in [0.2, 0.25) is 0 Å². The van der Waals surface area contributed by atoms with Crippen LogP contribution in [0.5, 0.6) is 5.75 Å². The minimum atomic E-state index is -0.521. The van der Waals surface area contributed by atoms with E-state index in [4.69, 9.17) is 16.3 Å². The third kappa shape index (κ3) is 2.72. The average Bonchev–Trinajstić information content (AvgIpc) is 3.46. The van der Waals surface area contributed by atoms with Gasteiger partial charge in [-0.15, -0.1) is 0 Å². The van der Waals surface area contributed by atoms with Crippen molar-refractivity contribution in [2.45, 2.75) is 24.5 Å². The fourth-order valence-corrected chi connectivity index (χ4v) is 4.48. The largest absolute Gasteiger partial charge is 0.489 e. The van der Waals surface area contributed by atoms with E-state index in [0.29, 0.717) is 35.3 Å². The molecule has 1 aliphatic heterocycles. The number of anilines is 1. The Balaban J connectivity index is 1.96. The molecule has 2 heterocycles. The van der Waals surface area contributed by atoms with Crippen LogP contribution < -0.4 is 9.64 Å². The van der Waals surface area contributed by atoms with Crippen molar-refractivity contribution >= 4 is 56.0 Å². The summed E-state index contributed by atoms with van der Waals surface area (Å²) in [5.41, 5.74) is 0.192. The number of rotatable bonds is 3. The van der Waals surface area contributed by atoms with Crippen LogP contribution in [0.3, 0.4) is 0 Å². The number of aromatic nitrogens is 2. The molecule has 136 valence electrons. The molecule has 1 aliphatic carbocycles. The van der Waals surface area contributed by atoms with E-state index in [9.17, 15) is 9.65 Å². The molecule has 0 spiro atoms. The molecule has 2 aromatic rings. The summed E-state index contributed by atoms with van der Waals surface area (Å²) in [5.74, 6) is 0.847. The van der Waals surface area contributed by atoms with E-state index < -0.39 is 5.82 Å². The third-order valence-corrected chi connectivity index (χ3v) is 6.92. The summed E-state index contributed by atoms with van der Waals surface area (Å²) in [6.45, 7) is 3.06. The molecule has 26 heavy (non-hydrogen) atoms. The van der Waals surface area contributed by atoms with Crippen LogP contribution in [-0.2, 0) is 0 Å². The van der Waals surface area contributed by atoms with Crippen molar-refractivity contribution in [3.05, 3.63) is 15.3 Å². The molecule has 4 rings (SSSR count). The first-order chi connectivity index (χ1) is 12.5. The summed E-state index contributed by atoms with van der Waals surface area (Å²) in [5, 5.41) is 10.3. The van der Waals surface area contributed by atoms with Crippen molar-refractivity contribution in [1.82, 2.24) is 9.97 Å². The topological polar surface area (TPSA) is 62.0 Å². The highest BCUT2D eigenvalue weighted by Gasteiger charge is 2.44. The fourth-order valence-electron chi connectivity index (χ4n) is 3.52. The smallest absolute Gasteiger partial charge is 0.189 e. The van der Waals surface area contributed by atoms with Crippen LogP contribution in [-0.4, -0.2) is 35.4 Å². The zero-order valence-corrected chi connectivity index (χ0v) is 17.3. The molecule has 0 radical (unpaired) electrons. The predicted octanol–water partition coefficient (Wildman–Crippen LogP) is 4.65. The second-order valence-corrected chi connectivity index (χ2v) is 8.39. The SMILES string of the molecule is CSc1nc2c3c(c(Cl)c(Br)c(F)c3n1)OCCN2C(C)C1CC1C#N. The van der Waals surface area contributed by atoms with Crippen LogP contribution in [0.2, 0.25) is 5.02 Å².